The van der Waals surface area contributed by atoms with Gasteiger partial charge in [0.05, 0.1) is 0 Å². The average molecular weight is 308 g/mol. The van der Waals surface area contributed by atoms with E-state index in [-0.39, 0.29) is 11.3 Å². The second kappa shape index (κ2) is 4.09. The molecule has 0 unspecified atom stereocenters. The van der Waals surface area contributed by atoms with Crippen LogP contribution >= 0.6 is 15.9 Å². The molecule has 3 heteroatoms. The second-order valence-corrected chi connectivity index (χ2v) is 7.12. The number of carbonyl (C=O) groups is 1. The second-order valence-electron chi connectivity index (χ2n) is 6.20. The molecule has 2 atom stereocenters. The van der Waals surface area contributed by atoms with E-state index in [0.29, 0.717) is 18.2 Å². The van der Waals surface area contributed by atoms with Crippen LogP contribution < -0.4 is 4.90 Å². The SMILES string of the molecule is CC1(C)C[C@H]2CN(c3ccc(Br)cc3)[C@@H]1CC2=O. The zero-order valence-corrected chi connectivity index (χ0v) is 12.4. The Morgan fingerprint density at radius 3 is 2.56 bits per heavy atom. The van der Waals surface area contributed by atoms with Gasteiger partial charge in [-0.2, -0.15) is 0 Å². The first-order chi connectivity index (χ1) is 8.47. The van der Waals surface area contributed by atoms with Crippen LogP contribution in [0, 0.1) is 11.3 Å². The number of piperidine rings is 2. The number of nitrogens with zero attached hydrogens (tertiary/aromatic N) is 1. The lowest BCUT2D eigenvalue weighted by atomic mass is 9.64. The minimum absolute atomic E-state index is 0.230. The van der Waals surface area contributed by atoms with Gasteiger partial charge in [0.1, 0.15) is 5.78 Å². The highest BCUT2D eigenvalue weighted by molar-refractivity contribution is 9.10. The van der Waals surface area contributed by atoms with E-state index in [0.717, 1.165) is 17.4 Å². The number of hydrogen-bond acceptors (Lipinski definition) is 2. The zero-order valence-electron chi connectivity index (χ0n) is 10.8. The molecule has 0 spiro atoms. The minimum atomic E-state index is 0.230. The Labute approximate surface area is 116 Å². The van der Waals surface area contributed by atoms with Crippen LogP contribution in [0.2, 0.25) is 0 Å². The van der Waals surface area contributed by atoms with Crippen molar-refractivity contribution in [2.24, 2.45) is 11.3 Å². The number of anilines is 1. The van der Waals surface area contributed by atoms with Crippen LogP contribution in [-0.2, 0) is 4.79 Å². The summed E-state index contributed by atoms with van der Waals surface area (Å²) in [4.78, 5) is 14.4. The van der Waals surface area contributed by atoms with Gasteiger partial charge >= 0.3 is 0 Å². The molecule has 0 amide bonds. The summed E-state index contributed by atoms with van der Waals surface area (Å²) in [5.74, 6) is 0.696. The number of halogens is 1. The summed E-state index contributed by atoms with van der Waals surface area (Å²) in [6.45, 7) is 5.48. The summed E-state index contributed by atoms with van der Waals surface area (Å²) < 4.78 is 1.10. The molecule has 96 valence electrons. The Kier molecular flexibility index (Phi) is 2.77. The smallest absolute Gasteiger partial charge is 0.139 e. The van der Waals surface area contributed by atoms with Gasteiger partial charge in [-0.3, -0.25) is 4.79 Å². The van der Waals surface area contributed by atoms with Crippen molar-refractivity contribution in [1.82, 2.24) is 0 Å². The van der Waals surface area contributed by atoms with E-state index < -0.39 is 0 Å². The predicted molar refractivity (Wildman–Crippen MR) is 76.8 cm³/mol. The van der Waals surface area contributed by atoms with Crippen LogP contribution in [0.3, 0.4) is 0 Å². The van der Waals surface area contributed by atoms with Gasteiger partial charge in [-0.05, 0) is 36.1 Å². The minimum Gasteiger partial charge on any atom is -0.367 e. The molecule has 0 aromatic heterocycles. The van der Waals surface area contributed by atoms with Gasteiger partial charge in [0.15, 0.2) is 0 Å². The van der Waals surface area contributed by atoms with Gasteiger partial charge in [0.2, 0.25) is 0 Å². The maximum atomic E-state index is 11.9. The molecule has 18 heavy (non-hydrogen) atoms. The Morgan fingerprint density at radius 2 is 1.94 bits per heavy atom. The van der Waals surface area contributed by atoms with Crippen molar-refractivity contribution in [3.05, 3.63) is 28.7 Å². The van der Waals surface area contributed by atoms with Crippen molar-refractivity contribution >= 4 is 27.4 Å². The third kappa shape index (κ3) is 1.89. The van der Waals surface area contributed by atoms with E-state index in [2.05, 4.69) is 58.9 Å². The highest BCUT2D eigenvalue weighted by Crippen LogP contribution is 2.46. The molecule has 1 aromatic carbocycles. The topological polar surface area (TPSA) is 20.3 Å². The first kappa shape index (κ1) is 12.2. The van der Waals surface area contributed by atoms with Crippen molar-refractivity contribution in [3.63, 3.8) is 0 Å². The van der Waals surface area contributed by atoms with E-state index in [4.69, 9.17) is 0 Å². The molecule has 0 radical (unpaired) electrons. The zero-order chi connectivity index (χ0) is 12.9. The molecule has 3 fully saturated rings. The molecule has 1 saturated carbocycles. The molecule has 0 N–H and O–H groups in total. The van der Waals surface area contributed by atoms with Crippen molar-refractivity contribution in [1.29, 1.82) is 0 Å². The van der Waals surface area contributed by atoms with Gasteiger partial charge in [0, 0.05) is 35.1 Å². The molecule has 3 aliphatic rings. The third-order valence-electron chi connectivity index (χ3n) is 4.48. The van der Waals surface area contributed by atoms with Crippen LogP contribution in [0.1, 0.15) is 26.7 Å². The van der Waals surface area contributed by atoms with Crippen LogP contribution in [0.5, 0.6) is 0 Å². The molecule has 2 aliphatic heterocycles. The van der Waals surface area contributed by atoms with E-state index in [1.807, 2.05) is 0 Å². The summed E-state index contributed by atoms with van der Waals surface area (Å²) >= 11 is 3.47. The van der Waals surface area contributed by atoms with Crippen LogP contribution in [0.4, 0.5) is 5.69 Å². The molecule has 2 saturated heterocycles. The van der Waals surface area contributed by atoms with Crippen molar-refractivity contribution in [2.45, 2.75) is 32.7 Å². The Morgan fingerprint density at radius 1 is 1.28 bits per heavy atom. The first-order valence-corrected chi connectivity index (χ1v) is 7.31. The van der Waals surface area contributed by atoms with E-state index in [1.165, 1.54) is 5.69 Å². The van der Waals surface area contributed by atoms with E-state index in [9.17, 15) is 4.79 Å². The lowest BCUT2D eigenvalue weighted by molar-refractivity contribution is -0.130. The molecule has 2 heterocycles. The maximum absolute atomic E-state index is 11.9. The summed E-state index contributed by atoms with van der Waals surface area (Å²) in [7, 11) is 0. The summed E-state index contributed by atoms with van der Waals surface area (Å²) in [5, 5.41) is 0. The molecule has 1 aromatic rings. The fourth-order valence-corrected chi connectivity index (χ4v) is 3.76. The van der Waals surface area contributed by atoms with Crippen molar-refractivity contribution in [2.75, 3.05) is 11.4 Å². The van der Waals surface area contributed by atoms with Crippen LogP contribution in [0.15, 0.2) is 28.7 Å². The number of fused-ring (bicyclic) bond motifs is 3. The predicted octanol–water partition coefficient (Wildman–Crippen LogP) is 3.64. The quantitative estimate of drug-likeness (QED) is 0.789. The average Bonchev–Trinajstić information content (AvgIpc) is 2.31. The van der Waals surface area contributed by atoms with Crippen LogP contribution in [0.25, 0.3) is 0 Å². The summed E-state index contributed by atoms with van der Waals surface area (Å²) in [5.41, 5.74) is 1.48. The Hall–Kier alpha value is -0.830. The van der Waals surface area contributed by atoms with E-state index >= 15 is 0 Å². The summed E-state index contributed by atoms with van der Waals surface area (Å²) in [6, 6.07) is 8.80. The van der Waals surface area contributed by atoms with Crippen LogP contribution in [-0.4, -0.2) is 18.4 Å². The van der Waals surface area contributed by atoms with Gasteiger partial charge in [-0.1, -0.05) is 29.8 Å². The normalized spacial score (nSPS) is 29.7. The standard InChI is InChI=1S/C15H18BrNO/c1-15(2)8-10-9-17(14(15)7-13(10)18)12-5-3-11(16)4-6-12/h3-6,10,14H,7-9H2,1-2H3/t10-,14+/m0/s1. The largest absolute Gasteiger partial charge is 0.367 e. The molecular weight excluding hydrogens is 290 g/mol. The lowest BCUT2D eigenvalue weighted by Gasteiger charge is -2.54. The number of rotatable bonds is 1. The Bertz CT molecular complexity index is 480. The summed E-state index contributed by atoms with van der Waals surface area (Å²) in [6.07, 6.45) is 1.76. The van der Waals surface area contributed by atoms with Gasteiger partial charge in [-0.15, -0.1) is 0 Å². The molecular formula is C15H18BrNO. The highest BCUT2D eigenvalue weighted by Gasteiger charge is 2.49. The number of Topliss-reactive ketones (excluding diaryl/α,β-unsaturated/α-hetero) is 1. The first-order valence-electron chi connectivity index (χ1n) is 6.52. The van der Waals surface area contributed by atoms with Gasteiger partial charge in [0.25, 0.3) is 0 Å². The number of carbonyl (C=O) groups excluding carboxylic acids is 1. The molecule has 2 nitrogen and oxygen atoms in total. The molecule has 1 aliphatic carbocycles. The van der Waals surface area contributed by atoms with Crippen molar-refractivity contribution in [3.8, 4) is 0 Å². The monoisotopic (exact) mass is 307 g/mol. The number of benzene rings is 1. The maximum Gasteiger partial charge on any atom is 0.139 e. The fourth-order valence-electron chi connectivity index (χ4n) is 3.50. The van der Waals surface area contributed by atoms with Gasteiger partial charge < -0.3 is 4.90 Å². The Balaban J connectivity index is 1.94. The number of hydrogen-bond donors (Lipinski definition) is 0. The molecule has 2 bridgehead atoms. The van der Waals surface area contributed by atoms with Crippen molar-refractivity contribution < 1.29 is 4.79 Å². The van der Waals surface area contributed by atoms with E-state index in [1.54, 1.807) is 0 Å². The highest BCUT2D eigenvalue weighted by atomic mass is 79.9. The van der Waals surface area contributed by atoms with Gasteiger partial charge in [-0.25, -0.2) is 0 Å². The number of ketones is 1. The third-order valence-corrected chi connectivity index (χ3v) is 5.00. The fraction of sp³-hybridized carbons (Fsp3) is 0.533. The molecule has 4 rings (SSSR count). The lowest BCUT2D eigenvalue weighted by Crippen LogP contribution is -2.60.